The van der Waals surface area contributed by atoms with Gasteiger partial charge in [0.15, 0.2) is 0 Å². The Kier molecular flexibility index (Phi) is 9.76. The fraction of sp³-hybridized carbons (Fsp3) is 0.765. The fourth-order valence-corrected chi connectivity index (χ4v) is 2.18. The lowest BCUT2D eigenvalue weighted by Crippen LogP contribution is -2.40. The zero-order valence-electron chi connectivity index (χ0n) is 13.7. The molecule has 0 bridgehead atoms. The minimum absolute atomic E-state index is 0.558. The van der Waals surface area contributed by atoms with Crippen LogP contribution in [0.25, 0.3) is 0 Å². The minimum atomic E-state index is -1.08. The lowest BCUT2D eigenvalue weighted by atomic mass is 9.83. The summed E-state index contributed by atoms with van der Waals surface area (Å²) < 4.78 is 5.23. The highest BCUT2D eigenvalue weighted by Gasteiger charge is 2.38. The van der Waals surface area contributed by atoms with E-state index in [0.29, 0.717) is 6.42 Å². The van der Waals surface area contributed by atoms with Crippen molar-refractivity contribution in [3.05, 3.63) is 12.7 Å². The lowest BCUT2D eigenvalue weighted by molar-refractivity contribution is -0.163. The molecule has 0 aliphatic carbocycles. The van der Waals surface area contributed by atoms with Crippen LogP contribution in [0.15, 0.2) is 12.7 Å². The molecule has 0 fully saturated rings. The van der Waals surface area contributed by atoms with E-state index in [4.69, 9.17) is 4.74 Å². The van der Waals surface area contributed by atoms with Gasteiger partial charge in [0, 0.05) is 6.08 Å². The molecule has 0 rings (SSSR count). The molecule has 0 heterocycles. The van der Waals surface area contributed by atoms with Crippen molar-refractivity contribution >= 4 is 11.9 Å². The van der Waals surface area contributed by atoms with Crippen LogP contribution in [0.3, 0.4) is 0 Å². The van der Waals surface area contributed by atoms with Crippen LogP contribution >= 0.6 is 0 Å². The summed E-state index contributed by atoms with van der Waals surface area (Å²) in [7, 11) is 0. The zero-order valence-corrected chi connectivity index (χ0v) is 13.7. The summed E-state index contributed by atoms with van der Waals surface area (Å²) in [5.41, 5.74) is -1.08. The summed E-state index contributed by atoms with van der Waals surface area (Å²) in [6.07, 6.45) is 9.07. The summed E-state index contributed by atoms with van der Waals surface area (Å²) in [4.78, 5) is 22.7. The first-order chi connectivity index (χ1) is 9.86. The molecule has 1 unspecified atom stereocenters. The second kappa shape index (κ2) is 10.4. The Balaban J connectivity index is 4.26. The Labute approximate surface area is 128 Å². The molecule has 0 saturated heterocycles. The van der Waals surface area contributed by atoms with E-state index in [1.54, 1.807) is 13.8 Å². The lowest BCUT2D eigenvalue weighted by Gasteiger charge is -2.29. The summed E-state index contributed by atoms with van der Waals surface area (Å²) in [5.74, 6) is -1.51. The van der Waals surface area contributed by atoms with E-state index in [9.17, 15) is 14.7 Å². The van der Waals surface area contributed by atoms with Crippen molar-refractivity contribution < 1.29 is 19.4 Å². The van der Waals surface area contributed by atoms with Crippen LogP contribution in [-0.2, 0) is 14.3 Å². The van der Waals surface area contributed by atoms with Gasteiger partial charge in [0.1, 0.15) is 6.10 Å². The monoisotopic (exact) mass is 298 g/mol. The van der Waals surface area contributed by atoms with Crippen molar-refractivity contribution in [1.29, 1.82) is 0 Å². The van der Waals surface area contributed by atoms with Gasteiger partial charge >= 0.3 is 11.9 Å². The second-order valence-electron chi connectivity index (χ2n) is 6.07. The van der Waals surface area contributed by atoms with E-state index in [1.165, 1.54) is 25.7 Å². The molecule has 0 aliphatic rings. The Hall–Kier alpha value is -1.32. The summed E-state index contributed by atoms with van der Waals surface area (Å²) in [5, 5.41) is 9.28. The Morgan fingerprint density at radius 3 is 2.14 bits per heavy atom. The Morgan fingerprint density at radius 1 is 1.14 bits per heavy atom. The van der Waals surface area contributed by atoms with E-state index >= 15 is 0 Å². The molecule has 1 atom stereocenters. The van der Waals surface area contributed by atoms with Crippen molar-refractivity contribution in [1.82, 2.24) is 0 Å². The van der Waals surface area contributed by atoms with Gasteiger partial charge in [-0.2, -0.15) is 0 Å². The van der Waals surface area contributed by atoms with Crippen molar-refractivity contribution in [2.45, 2.75) is 78.2 Å². The number of carbonyl (C=O) groups is 2. The summed E-state index contributed by atoms with van der Waals surface area (Å²) in [6, 6.07) is 0. The Bertz CT molecular complexity index is 334. The molecule has 0 aliphatic heterocycles. The number of carboxylic acid groups (broad SMARTS) is 1. The quantitative estimate of drug-likeness (QED) is 0.331. The average Bonchev–Trinajstić information content (AvgIpc) is 2.44. The number of carbonyl (C=O) groups excluding carboxylic acids is 1. The predicted octanol–water partition coefficient (Wildman–Crippen LogP) is 4.34. The molecule has 21 heavy (non-hydrogen) atoms. The van der Waals surface area contributed by atoms with Crippen LogP contribution in [-0.4, -0.2) is 23.1 Å². The van der Waals surface area contributed by atoms with Crippen molar-refractivity contribution in [2.75, 3.05) is 0 Å². The third-order valence-corrected chi connectivity index (χ3v) is 3.85. The molecule has 0 aromatic heterocycles. The normalized spacial score (nSPS) is 12.7. The first-order valence-electron chi connectivity index (χ1n) is 7.92. The molecule has 4 heteroatoms. The molecular weight excluding hydrogens is 268 g/mol. The van der Waals surface area contributed by atoms with Crippen molar-refractivity contribution in [2.24, 2.45) is 5.41 Å². The topological polar surface area (TPSA) is 63.6 Å². The van der Waals surface area contributed by atoms with Gasteiger partial charge in [0.2, 0.25) is 0 Å². The van der Waals surface area contributed by atoms with Crippen molar-refractivity contribution in [3.63, 3.8) is 0 Å². The highest BCUT2D eigenvalue weighted by Crippen LogP contribution is 2.28. The maximum atomic E-state index is 11.4. The highest BCUT2D eigenvalue weighted by atomic mass is 16.5. The molecule has 4 nitrogen and oxygen atoms in total. The van der Waals surface area contributed by atoms with Crippen LogP contribution in [0.2, 0.25) is 0 Å². The maximum absolute atomic E-state index is 11.4. The molecule has 0 saturated carbocycles. The number of hydrogen-bond donors (Lipinski definition) is 1. The van der Waals surface area contributed by atoms with Gasteiger partial charge in [-0.1, -0.05) is 52.0 Å². The maximum Gasteiger partial charge on any atom is 0.330 e. The van der Waals surface area contributed by atoms with Crippen LogP contribution in [0.4, 0.5) is 0 Å². The average molecular weight is 298 g/mol. The minimum Gasteiger partial charge on any atom is -0.481 e. The number of aliphatic carboxylic acids is 1. The number of hydrogen-bond acceptors (Lipinski definition) is 3. The van der Waals surface area contributed by atoms with Crippen LogP contribution in [0.1, 0.15) is 72.1 Å². The number of ether oxygens (including phenoxy) is 1. The molecule has 0 spiro atoms. The van der Waals surface area contributed by atoms with E-state index in [2.05, 4.69) is 13.5 Å². The molecular formula is C17H30O4. The first-order valence-corrected chi connectivity index (χ1v) is 7.92. The van der Waals surface area contributed by atoms with Gasteiger partial charge in [-0.05, 0) is 26.7 Å². The number of unbranched alkanes of at least 4 members (excludes halogenated alkanes) is 6. The predicted molar refractivity (Wildman–Crippen MR) is 84.1 cm³/mol. The van der Waals surface area contributed by atoms with Gasteiger partial charge in [-0.3, -0.25) is 4.79 Å². The number of carboxylic acids is 1. The third-order valence-electron chi connectivity index (χ3n) is 3.85. The molecule has 0 amide bonds. The fourth-order valence-electron chi connectivity index (χ4n) is 2.18. The number of esters is 1. The van der Waals surface area contributed by atoms with E-state index in [-0.39, 0.29) is 0 Å². The molecule has 0 aromatic rings. The van der Waals surface area contributed by atoms with Gasteiger partial charge < -0.3 is 9.84 Å². The highest BCUT2D eigenvalue weighted by molar-refractivity contribution is 5.82. The van der Waals surface area contributed by atoms with Crippen molar-refractivity contribution in [3.8, 4) is 0 Å². The Morgan fingerprint density at radius 2 is 1.67 bits per heavy atom. The zero-order chi connectivity index (χ0) is 16.3. The molecule has 0 aromatic carbocycles. The van der Waals surface area contributed by atoms with E-state index < -0.39 is 23.5 Å². The van der Waals surface area contributed by atoms with Gasteiger partial charge in [-0.25, -0.2) is 4.79 Å². The molecule has 1 N–H and O–H groups in total. The summed E-state index contributed by atoms with van der Waals surface area (Å²) in [6.45, 7) is 8.73. The molecule has 0 radical (unpaired) electrons. The second-order valence-corrected chi connectivity index (χ2v) is 6.07. The van der Waals surface area contributed by atoms with Gasteiger partial charge in [0.05, 0.1) is 5.41 Å². The van der Waals surface area contributed by atoms with E-state index in [0.717, 1.165) is 25.3 Å². The smallest absolute Gasteiger partial charge is 0.330 e. The van der Waals surface area contributed by atoms with E-state index in [1.807, 2.05) is 0 Å². The third kappa shape index (κ3) is 7.88. The number of rotatable bonds is 12. The van der Waals surface area contributed by atoms with Crippen LogP contribution in [0.5, 0.6) is 0 Å². The standard InChI is InChI=1S/C17H30O4/c1-5-7-8-9-10-11-12-13-14(21-15(18)6-2)17(3,4)16(19)20/h6,14H,2,5,7-13H2,1,3-4H3,(H,19,20). The van der Waals surface area contributed by atoms with Gasteiger partial charge in [-0.15, -0.1) is 0 Å². The largest absolute Gasteiger partial charge is 0.481 e. The summed E-state index contributed by atoms with van der Waals surface area (Å²) >= 11 is 0. The van der Waals surface area contributed by atoms with Crippen LogP contribution in [0, 0.1) is 5.41 Å². The van der Waals surface area contributed by atoms with Gasteiger partial charge in [0.25, 0.3) is 0 Å². The SMILES string of the molecule is C=CC(=O)OC(CCCCCCCCC)C(C)(C)C(=O)O. The molecule has 122 valence electrons. The van der Waals surface area contributed by atoms with Crippen LogP contribution < -0.4 is 0 Å². The first kappa shape index (κ1) is 19.7.